The number of thiocarbonyl (C=S) groups is 1. The van der Waals surface area contributed by atoms with Gasteiger partial charge < -0.3 is 4.90 Å². The van der Waals surface area contributed by atoms with Crippen LogP contribution in [0.4, 0.5) is 5.69 Å². The molecule has 1 saturated heterocycles. The lowest BCUT2D eigenvalue weighted by Gasteiger charge is -2.35. The average Bonchev–Trinajstić information content (AvgIpc) is 2.87. The van der Waals surface area contributed by atoms with Crippen LogP contribution in [0.5, 0.6) is 0 Å². The van der Waals surface area contributed by atoms with Gasteiger partial charge in [0.2, 0.25) is 10.0 Å². The lowest BCUT2D eigenvalue weighted by Crippen LogP contribution is -2.50. The van der Waals surface area contributed by atoms with Crippen molar-refractivity contribution in [2.45, 2.75) is 21.1 Å². The second kappa shape index (κ2) is 11.5. The Hall–Kier alpha value is -2.21. The van der Waals surface area contributed by atoms with Gasteiger partial charge in [-0.3, -0.25) is 10.1 Å². The Morgan fingerprint density at radius 3 is 2.33 bits per heavy atom. The Balaban J connectivity index is 1.56. The Labute approximate surface area is 229 Å². The highest BCUT2D eigenvalue weighted by Gasteiger charge is 2.32. The molecule has 0 saturated carbocycles. The van der Waals surface area contributed by atoms with E-state index in [0.29, 0.717) is 39.3 Å². The van der Waals surface area contributed by atoms with Crippen molar-refractivity contribution in [2.24, 2.45) is 0 Å². The first-order valence-corrected chi connectivity index (χ1v) is 14.3. The molecule has 0 N–H and O–H groups in total. The van der Waals surface area contributed by atoms with Crippen molar-refractivity contribution in [3.05, 3.63) is 92.5 Å². The Kier molecular flexibility index (Phi) is 8.54. The third kappa shape index (κ3) is 6.19. The van der Waals surface area contributed by atoms with E-state index in [9.17, 15) is 18.5 Å². The van der Waals surface area contributed by atoms with Gasteiger partial charge in [0.05, 0.1) is 14.9 Å². The average molecular weight is 583 g/mol. The smallest absolute Gasteiger partial charge is 0.270 e. The monoisotopic (exact) mass is 581 g/mol. The fourth-order valence-electron chi connectivity index (χ4n) is 3.77. The minimum Gasteiger partial charge on any atom is -0.363 e. The van der Waals surface area contributed by atoms with E-state index in [1.807, 2.05) is 35.2 Å². The summed E-state index contributed by atoms with van der Waals surface area (Å²) >= 11 is 19.1. The van der Waals surface area contributed by atoms with E-state index in [1.54, 1.807) is 18.2 Å². The first-order chi connectivity index (χ1) is 17.1. The van der Waals surface area contributed by atoms with Gasteiger partial charge >= 0.3 is 0 Å². The maximum absolute atomic E-state index is 13.7. The van der Waals surface area contributed by atoms with Gasteiger partial charge in [0.25, 0.3) is 5.69 Å². The van der Waals surface area contributed by atoms with Crippen molar-refractivity contribution < 1.29 is 13.3 Å². The highest BCUT2D eigenvalue weighted by atomic mass is 35.5. The van der Waals surface area contributed by atoms with E-state index in [2.05, 4.69) is 0 Å². The molecule has 1 aliphatic heterocycles. The van der Waals surface area contributed by atoms with Gasteiger partial charge in [-0.2, -0.15) is 4.31 Å². The number of nitro benzene ring substituents is 1. The van der Waals surface area contributed by atoms with Crippen molar-refractivity contribution in [1.82, 2.24) is 9.21 Å². The zero-order valence-corrected chi connectivity index (χ0v) is 22.8. The summed E-state index contributed by atoms with van der Waals surface area (Å²) in [5.74, 6) is 0. The van der Waals surface area contributed by atoms with Crippen LogP contribution in [0.25, 0.3) is 0 Å². The fourth-order valence-corrected chi connectivity index (χ4v) is 7.43. The van der Waals surface area contributed by atoms with E-state index in [4.69, 9.17) is 35.4 Å². The fraction of sp³-hybridized carbons (Fsp3) is 0.208. The quantitative estimate of drug-likeness (QED) is 0.194. The summed E-state index contributed by atoms with van der Waals surface area (Å²) in [6.07, 6.45) is 0.606. The van der Waals surface area contributed by atoms with Crippen molar-refractivity contribution in [1.29, 1.82) is 0 Å². The summed E-state index contributed by atoms with van der Waals surface area (Å²) < 4.78 is 28.7. The lowest BCUT2D eigenvalue weighted by molar-refractivity contribution is -0.385. The number of hydrogen-bond acceptors (Lipinski definition) is 6. The van der Waals surface area contributed by atoms with Crippen molar-refractivity contribution in [2.75, 3.05) is 26.2 Å². The van der Waals surface area contributed by atoms with Gasteiger partial charge in [-0.15, -0.1) is 0 Å². The maximum Gasteiger partial charge on any atom is 0.270 e. The summed E-state index contributed by atoms with van der Waals surface area (Å²) in [5, 5.41) is 12.3. The molecule has 0 radical (unpaired) electrons. The van der Waals surface area contributed by atoms with E-state index in [1.165, 1.54) is 16.4 Å². The minimum atomic E-state index is -4.04. The van der Waals surface area contributed by atoms with Gasteiger partial charge in [0.1, 0.15) is 4.90 Å². The van der Waals surface area contributed by atoms with Crippen LogP contribution in [-0.2, 0) is 16.4 Å². The third-order valence-electron chi connectivity index (χ3n) is 5.66. The van der Waals surface area contributed by atoms with Gasteiger partial charge in [-0.05, 0) is 29.8 Å². The number of halogens is 2. The minimum absolute atomic E-state index is 0.141. The Morgan fingerprint density at radius 2 is 1.67 bits per heavy atom. The molecule has 0 spiro atoms. The van der Waals surface area contributed by atoms with Crippen LogP contribution in [-0.4, -0.2) is 53.7 Å². The van der Waals surface area contributed by atoms with Gasteiger partial charge in [-0.25, -0.2) is 8.42 Å². The maximum atomic E-state index is 13.7. The van der Waals surface area contributed by atoms with Crippen LogP contribution in [0.1, 0.15) is 5.56 Å². The second-order valence-electron chi connectivity index (χ2n) is 8.01. The lowest BCUT2D eigenvalue weighted by atomic mass is 10.1. The summed E-state index contributed by atoms with van der Waals surface area (Å²) in [6, 6.07) is 18.5. The van der Waals surface area contributed by atoms with E-state index < -0.39 is 14.9 Å². The molecule has 12 heteroatoms. The number of piperazine rings is 1. The molecule has 1 heterocycles. The Bertz CT molecular complexity index is 1400. The van der Waals surface area contributed by atoms with Crippen molar-refractivity contribution in [3.8, 4) is 0 Å². The van der Waals surface area contributed by atoms with Gasteiger partial charge in [0, 0.05) is 59.5 Å². The molecule has 0 aromatic heterocycles. The predicted molar refractivity (Wildman–Crippen MR) is 147 cm³/mol. The summed E-state index contributed by atoms with van der Waals surface area (Å²) in [5.41, 5.74) is 0.785. The van der Waals surface area contributed by atoms with E-state index in [-0.39, 0.29) is 23.7 Å². The van der Waals surface area contributed by atoms with Crippen LogP contribution < -0.4 is 0 Å². The normalized spacial score (nSPS) is 14.6. The molecule has 1 aliphatic rings. The number of nitro groups is 1. The zero-order valence-electron chi connectivity index (χ0n) is 18.8. The molecule has 1 fully saturated rings. The second-order valence-corrected chi connectivity index (χ2v) is 12.3. The Morgan fingerprint density at radius 1 is 0.972 bits per heavy atom. The summed E-state index contributed by atoms with van der Waals surface area (Å²) in [6.45, 7) is 1.29. The molecule has 0 bridgehead atoms. The predicted octanol–water partition coefficient (Wildman–Crippen LogP) is 5.93. The standard InChI is InChI=1S/C24H21Cl2N3O4S3/c25-18-6-8-20(26)22(15-18)35-21-9-7-19(29(30)31)16-23(21)36(32,33)28-12-10-27(11-13-28)24(34)14-17-4-2-1-3-5-17/h1-9,15-16H,10-14H2. The highest BCUT2D eigenvalue weighted by Crippen LogP contribution is 2.40. The topological polar surface area (TPSA) is 83.8 Å². The first-order valence-electron chi connectivity index (χ1n) is 10.9. The highest BCUT2D eigenvalue weighted by molar-refractivity contribution is 8.00. The molecule has 188 valence electrons. The molecular formula is C24H21Cl2N3O4S3. The zero-order chi connectivity index (χ0) is 25.9. The number of sulfonamides is 1. The molecule has 0 unspecified atom stereocenters. The molecule has 4 rings (SSSR count). The molecule has 3 aromatic rings. The van der Waals surface area contributed by atoms with E-state index in [0.717, 1.165) is 28.4 Å². The summed E-state index contributed by atoms with van der Waals surface area (Å²) in [4.78, 5) is 14.3. The molecule has 3 aromatic carbocycles. The number of rotatable bonds is 7. The van der Waals surface area contributed by atoms with Crippen LogP contribution in [0.15, 0.2) is 81.4 Å². The number of nitrogens with zero attached hydrogens (tertiary/aromatic N) is 3. The van der Waals surface area contributed by atoms with Crippen LogP contribution in [0, 0.1) is 10.1 Å². The molecule has 0 aliphatic carbocycles. The summed E-state index contributed by atoms with van der Waals surface area (Å²) in [7, 11) is -4.04. The number of benzene rings is 3. The van der Waals surface area contributed by atoms with Gasteiger partial charge in [-0.1, -0.05) is 77.5 Å². The number of hydrogen-bond donors (Lipinski definition) is 0. The number of non-ortho nitro benzene ring substituents is 1. The molecule has 36 heavy (non-hydrogen) atoms. The van der Waals surface area contributed by atoms with Crippen LogP contribution >= 0.6 is 47.2 Å². The molecule has 0 atom stereocenters. The molecule has 7 nitrogen and oxygen atoms in total. The molecular weight excluding hydrogens is 561 g/mol. The third-order valence-corrected chi connectivity index (χ3v) is 9.94. The van der Waals surface area contributed by atoms with Gasteiger partial charge in [0.15, 0.2) is 0 Å². The SMILES string of the molecule is O=[N+]([O-])c1ccc(Sc2cc(Cl)ccc2Cl)c(S(=O)(=O)N2CCN(C(=S)Cc3ccccc3)CC2)c1. The van der Waals surface area contributed by atoms with E-state index >= 15 is 0 Å². The molecule has 0 amide bonds. The van der Waals surface area contributed by atoms with Crippen molar-refractivity contribution in [3.63, 3.8) is 0 Å². The van der Waals surface area contributed by atoms with Crippen LogP contribution in [0.2, 0.25) is 10.0 Å². The largest absolute Gasteiger partial charge is 0.363 e. The first kappa shape index (κ1) is 26.8. The van der Waals surface area contributed by atoms with Crippen LogP contribution in [0.3, 0.4) is 0 Å². The van der Waals surface area contributed by atoms with Crippen molar-refractivity contribution >= 4 is 67.9 Å².